The van der Waals surface area contributed by atoms with Crippen molar-refractivity contribution in [3.05, 3.63) is 71.7 Å². The second-order valence-electron chi connectivity index (χ2n) is 6.26. The summed E-state index contributed by atoms with van der Waals surface area (Å²) < 4.78 is 20.2. The van der Waals surface area contributed by atoms with Crippen LogP contribution < -0.4 is 5.32 Å². The number of nitrogens with one attached hydrogen (secondary N) is 1. The Bertz CT molecular complexity index is 1120. The minimum Gasteiger partial charge on any atom is -0.360 e. The summed E-state index contributed by atoms with van der Waals surface area (Å²) >= 11 is 1.34. The molecule has 0 saturated carbocycles. The summed E-state index contributed by atoms with van der Waals surface area (Å²) in [5, 5.41) is 7.18. The van der Waals surface area contributed by atoms with Gasteiger partial charge in [0.25, 0.3) is 0 Å². The van der Waals surface area contributed by atoms with Crippen LogP contribution in [0, 0.1) is 12.7 Å². The molecule has 1 N–H and O–H groups in total. The molecule has 0 unspecified atom stereocenters. The van der Waals surface area contributed by atoms with E-state index in [0.29, 0.717) is 18.1 Å². The molecule has 0 aliphatic rings. The van der Waals surface area contributed by atoms with Crippen LogP contribution in [0.2, 0.25) is 0 Å². The van der Waals surface area contributed by atoms with E-state index in [4.69, 9.17) is 4.52 Å². The lowest BCUT2D eigenvalue weighted by Gasteiger charge is -2.09. The number of hydrogen-bond donors (Lipinski definition) is 1. The average molecular weight is 396 g/mol. The van der Waals surface area contributed by atoms with Crippen molar-refractivity contribution >= 4 is 34.5 Å². The zero-order chi connectivity index (χ0) is 19.5. The Hall–Kier alpha value is -3.13. The predicted molar refractivity (Wildman–Crippen MR) is 106 cm³/mol. The summed E-state index contributed by atoms with van der Waals surface area (Å²) in [7, 11) is 0. The molecule has 0 aliphatic carbocycles. The van der Waals surface area contributed by atoms with Gasteiger partial charge in [0.15, 0.2) is 11.0 Å². The van der Waals surface area contributed by atoms with Gasteiger partial charge in [-0.1, -0.05) is 41.2 Å². The highest BCUT2D eigenvalue weighted by Crippen LogP contribution is 2.25. The SMILES string of the molecule is Cc1cc(NC(=O)CSc2nc3ccccc3n2Cc2ccc(F)cc2)no1. The molecule has 8 heteroatoms. The van der Waals surface area contributed by atoms with Gasteiger partial charge < -0.3 is 14.4 Å². The molecule has 4 rings (SSSR count). The van der Waals surface area contributed by atoms with Gasteiger partial charge >= 0.3 is 0 Å². The first-order valence-electron chi connectivity index (χ1n) is 8.64. The number of aryl methyl sites for hydroxylation is 1. The van der Waals surface area contributed by atoms with Crippen molar-refractivity contribution in [1.29, 1.82) is 0 Å². The van der Waals surface area contributed by atoms with Crippen LogP contribution in [0.4, 0.5) is 10.2 Å². The van der Waals surface area contributed by atoms with Crippen molar-refractivity contribution in [2.75, 3.05) is 11.1 Å². The Balaban J connectivity index is 1.54. The third kappa shape index (κ3) is 4.07. The van der Waals surface area contributed by atoms with Crippen LogP contribution in [0.25, 0.3) is 11.0 Å². The molecule has 142 valence electrons. The largest absolute Gasteiger partial charge is 0.360 e. The third-order valence-corrected chi connectivity index (χ3v) is 5.08. The highest BCUT2D eigenvalue weighted by atomic mass is 32.2. The highest BCUT2D eigenvalue weighted by Gasteiger charge is 2.14. The first kappa shape index (κ1) is 18.2. The molecule has 0 atom stereocenters. The first-order valence-corrected chi connectivity index (χ1v) is 9.63. The fourth-order valence-electron chi connectivity index (χ4n) is 2.82. The molecule has 0 fully saturated rings. The molecule has 6 nitrogen and oxygen atoms in total. The van der Waals surface area contributed by atoms with Crippen molar-refractivity contribution in [1.82, 2.24) is 14.7 Å². The monoisotopic (exact) mass is 396 g/mol. The number of anilines is 1. The lowest BCUT2D eigenvalue weighted by Crippen LogP contribution is -2.15. The van der Waals surface area contributed by atoms with E-state index in [-0.39, 0.29) is 17.5 Å². The summed E-state index contributed by atoms with van der Waals surface area (Å²) in [5.74, 6) is 0.734. The molecule has 0 bridgehead atoms. The molecule has 0 aliphatic heterocycles. The minimum atomic E-state index is -0.270. The third-order valence-electron chi connectivity index (χ3n) is 4.10. The number of carbonyl (C=O) groups is 1. The normalized spacial score (nSPS) is 11.1. The Labute approximate surface area is 164 Å². The van der Waals surface area contributed by atoms with Crippen molar-refractivity contribution in [2.45, 2.75) is 18.6 Å². The zero-order valence-electron chi connectivity index (χ0n) is 15.1. The van der Waals surface area contributed by atoms with Crippen LogP contribution in [0.5, 0.6) is 0 Å². The number of imidazole rings is 1. The standard InChI is InChI=1S/C20H17FN4O2S/c1-13-10-18(24-27-13)23-19(26)12-28-20-22-16-4-2-3-5-17(16)25(20)11-14-6-8-15(21)9-7-14/h2-10H,11-12H2,1H3,(H,23,24,26). The maximum atomic E-state index is 13.2. The molecule has 0 spiro atoms. The molecular weight excluding hydrogens is 379 g/mol. The number of amides is 1. The lowest BCUT2D eigenvalue weighted by atomic mass is 10.2. The number of aromatic nitrogens is 3. The second kappa shape index (κ2) is 7.85. The predicted octanol–water partition coefficient (Wildman–Crippen LogP) is 4.25. The molecule has 1 amide bonds. The van der Waals surface area contributed by atoms with Crippen LogP contribution in [-0.2, 0) is 11.3 Å². The number of nitrogens with zero attached hydrogens (tertiary/aromatic N) is 3. The fraction of sp³-hybridized carbons (Fsp3) is 0.150. The van der Waals surface area contributed by atoms with E-state index in [1.165, 1.54) is 23.9 Å². The number of carbonyl (C=O) groups excluding carboxylic acids is 1. The van der Waals surface area contributed by atoms with Gasteiger partial charge in [0.05, 0.1) is 23.3 Å². The van der Waals surface area contributed by atoms with Crippen molar-refractivity contribution in [2.24, 2.45) is 0 Å². The highest BCUT2D eigenvalue weighted by molar-refractivity contribution is 7.99. The molecule has 0 radical (unpaired) electrons. The molecule has 0 saturated heterocycles. The Morgan fingerprint density at radius 2 is 2.00 bits per heavy atom. The number of thioether (sulfide) groups is 1. The van der Waals surface area contributed by atoms with E-state index in [2.05, 4.69) is 15.5 Å². The van der Waals surface area contributed by atoms with E-state index in [1.54, 1.807) is 25.1 Å². The summed E-state index contributed by atoms with van der Waals surface area (Å²) in [6.07, 6.45) is 0. The fourth-order valence-corrected chi connectivity index (χ4v) is 3.64. The zero-order valence-corrected chi connectivity index (χ0v) is 15.9. The minimum absolute atomic E-state index is 0.179. The Kier molecular flexibility index (Phi) is 5.12. The smallest absolute Gasteiger partial charge is 0.236 e. The maximum absolute atomic E-state index is 13.2. The van der Waals surface area contributed by atoms with Crippen LogP contribution in [0.3, 0.4) is 0 Å². The second-order valence-corrected chi connectivity index (χ2v) is 7.20. The number of para-hydroxylation sites is 2. The number of halogens is 1. The quantitative estimate of drug-likeness (QED) is 0.493. The van der Waals surface area contributed by atoms with Gasteiger partial charge in [-0.15, -0.1) is 0 Å². The maximum Gasteiger partial charge on any atom is 0.236 e. The van der Waals surface area contributed by atoms with Crippen molar-refractivity contribution in [3.8, 4) is 0 Å². The first-order chi connectivity index (χ1) is 13.6. The summed E-state index contributed by atoms with van der Waals surface area (Å²) in [6.45, 7) is 2.29. The van der Waals surface area contributed by atoms with E-state index in [0.717, 1.165) is 21.8 Å². The molecule has 4 aromatic rings. The van der Waals surface area contributed by atoms with Crippen molar-refractivity contribution in [3.63, 3.8) is 0 Å². The van der Waals surface area contributed by atoms with Gasteiger partial charge in [0.2, 0.25) is 5.91 Å². The van der Waals surface area contributed by atoms with E-state index in [9.17, 15) is 9.18 Å². The van der Waals surface area contributed by atoms with Crippen LogP contribution >= 0.6 is 11.8 Å². The van der Waals surface area contributed by atoms with E-state index >= 15 is 0 Å². The van der Waals surface area contributed by atoms with Gasteiger partial charge in [-0.05, 0) is 36.8 Å². The Morgan fingerprint density at radius 1 is 1.21 bits per heavy atom. The number of fused-ring (bicyclic) bond motifs is 1. The average Bonchev–Trinajstić information content (AvgIpc) is 3.25. The number of hydrogen-bond acceptors (Lipinski definition) is 5. The molecule has 28 heavy (non-hydrogen) atoms. The van der Waals surface area contributed by atoms with Gasteiger partial charge in [-0.25, -0.2) is 9.37 Å². The Morgan fingerprint density at radius 3 is 2.75 bits per heavy atom. The molecule has 2 heterocycles. The van der Waals surface area contributed by atoms with Crippen LogP contribution in [-0.4, -0.2) is 26.4 Å². The number of rotatable bonds is 6. The van der Waals surface area contributed by atoms with E-state index < -0.39 is 0 Å². The summed E-state index contributed by atoms with van der Waals surface area (Å²) in [5.41, 5.74) is 2.76. The molecular formula is C20H17FN4O2S. The lowest BCUT2D eigenvalue weighted by molar-refractivity contribution is -0.113. The summed E-state index contributed by atoms with van der Waals surface area (Å²) in [4.78, 5) is 16.9. The molecule has 2 aromatic heterocycles. The number of benzene rings is 2. The van der Waals surface area contributed by atoms with Gasteiger partial charge in [-0.2, -0.15) is 0 Å². The van der Waals surface area contributed by atoms with Crippen LogP contribution in [0.1, 0.15) is 11.3 Å². The molecule has 2 aromatic carbocycles. The van der Waals surface area contributed by atoms with Crippen molar-refractivity contribution < 1.29 is 13.7 Å². The van der Waals surface area contributed by atoms with Gasteiger partial charge in [0.1, 0.15) is 11.6 Å². The summed E-state index contributed by atoms with van der Waals surface area (Å²) in [6, 6.07) is 15.8. The van der Waals surface area contributed by atoms with Gasteiger partial charge in [-0.3, -0.25) is 4.79 Å². The topological polar surface area (TPSA) is 73.0 Å². The van der Waals surface area contributed by atoms with Gasteiger partial charge in [0, 0.05) is 6.07 Å². The van der Waals surface area contributed by atoms with E-state index in [1.807, 2.05) is 28.8 Å². The van der Waals surface area contributed by atoms with Crippen LogP contribution in [0.15, 0.2) is 64.3 Å².